The summed E-state index contributed by atoms with van der Waals surface area (Å²) in [6.45, 7) is 2.58. The normalized spacial score (nSPS) is 23.5. The van der Waals surface area contributed by atoms with Crippen molar-refractivity contribution >= 4 is 11.8 Å². The second-order valence-corrected chi connectivity index (χ2v) is 5.07. The van der Waals surface area contributed by atoms with Gasteiger partial charge in [0.2, 0.25) is 11.8 Å². The number of rotatable bonds is 2. The standard InChI is InChI=1S/C14H17N3O2/c18-13-7-15-6-12-9-16(14(19)10-17(12)13)8-11-4-2-1-3-5-11/h1-5,12,15H,6-10H2. The first-order chi connectivity index (χ1) is 9.24. The van der Waals surface area contributed by atoms with Crippen LogP contribution in [0, 0.1) is 0 Å². The topological polar surface area (TPSA) is 52.7 Å². The van der Waals surface area contributed by atoms with E-state index in [4.69, 9.17) is 0 Å². The SMILES string of the molecule is O=C1CN2C(=O)CNCC2CN1Cc1ccccc1. The summed E-state index contributed by atoms with van der Waals surface area (Å²) >= 11 is 0. The van der Waals surface area contributed by atoms with E-state index in [-0.39, 0.29) is 24.4 Å². The van der Waals surface area contributed by atoms with Crippen LogP contribution in [0.1, 0.15) is 5.56 Å². The molecule has 5 heteroatoms. The Hall–Kier alpha value is -1.88. The molecule has 1 aromatic rings. The van der Waals surface area contributed by atoms with Crippen molar-refractivity contribution in [3.63, 3.8) is 0 Å². The highest BCUT2D eigenvalue weighted by Gasteiger charge is 2.36. The molecule has 100 valence electrons. The smallest absolute Gasteiger partial charge is 0.242 e. The minimum Gasteiger partial charge on any atom is -0.335 e. The van der Waals surface area contributed by atoms with Crippen molar-refractivity contribution in [1.82, 2.24) is 15.1 Å². The Morgan fingerprint density at radius 2 is 1.95 bits per heavy atom. The highest BCUT2D eigenvalue weighted by atomic mass is 16.2. The fraction of sp³-hybridized carbons (Fsp3) is 0.429. The van der Waals surface area contributed by atoms with Crippen LogP contribution in [0.15, 0.2) is 30.3 Å². The molecule has 1 atom stereocenters. The van der Waals surface area contributed by atoms with Crippen molar-refractivity contribution in [2.45, 2.75) is 12.6 Å². The molecule has 1 N–H and O–H groups in total. The molecule has 0 aliphatic carbocycles. The zero-order valence-corrected chi connectivity index (χ0v) is 10.7. The van der Waals surface area contributed by atoms with E-state index in [2.05, 4.69) is 5.32 Å². The lowest BCUT2D eigenvalue weighted by Gasteiger charge is -2.43. The first kappa shape index (κ1) is 12.2. The molecule has 2 heterocycles. The quantitative estimate of drug-likeness (QED) is 0.802. The average Bonchev–Trinajstić information content (AvgIpc) is 2.42. The number of hydrogen-bond donors (Lipinski definition) is 1. The Morgan fingerprint density at radius 1 is 1.16 bits per heavy atom. The summed E-state index contributed by atoms with van der Waals surface area (Å²) in [5.41, 5.74) is 1.12. The minimum absolute atomic E-state index is 0.0314. The number of carbonyl (C=O) groups is 2. The number of fused-ring (bicyclic) bond motifs is 1. The third-order valence-corrected chi connectivity index (χ3v) is 3.72. The average molecular weight is 259 g/mol. The lowest BCUT2D eigenvalue weighted by atomic mass is 10.1. The predicted molar refractivity (Wildman–Crippen MR) is 70.2 cm³/mol. The van der Waals surface area contributed by atoms with E-state index in [1.54, 1.807) is 4.90 Å². The van der Waals surface area contributed by atoms with Gasteiger partial charge in [0.1, 0.15) is 6.54 Å². The fourth-order valence-electron chi connectivity index (χ4n) is 2.70. The van der Waals surface area contributed by atoms with Crippen LogP contribution >= 0.6 is 0 Å². The predicted octanol–water partition coefficient (Wildman–Crippen LogP) is -0.171. The van der Waals surface area contributed by atoms with Crippen LogP contribution in [0.4, 0.5) is 0 Å². The number of nitrogens with zero attached hydrogens (tertiary/aromatic N) is 2. The van der Waals surface area contributed by atoms with Crippen LogP contribution in [-0.2, 0) is 16.1 Å². The molecule has 2 aliphatic heterocycles. The summed E-state index contributed by atoms with van der Waals surface area (Å²) in [6, 6.07) is 10.1. The highest BCUT2D eigenvalue weighted by Crippen LogP contribution is 2.16. The van der Waals surface area contributed by atoms with Gasteiger partial charge in [-0.15, -0.1) is 0 Å². The Bertz CT molecular complexity index is 489. The van der Waals surface area contributed by atoms with Crippen LogP contribution in [0.25, 0.3) is 0 Å². The third-order valence-electron chi connectivity index (χ3n) is 3.72. The van der Waals surface area contributed by atoms with Gasteiger partial charge < -0.3 is 15.1 Å². The Labute approximate surface area is 112 Å². The van der Waals surface area contributed by atoms with Crippen molar-refractivity contribution in [3.8, 4) is 0 Å². The Balaban J connectivity index is 1.71. The molecule has 2 aliphatic rings. The lowest BCUT2D eigenvalue weighted by Crippen LogP contribution is -2.64. The fourth-order valence-corrected chi connectivity index (χ4v) is 2.70. The zero-order valence-electron chi connectivity index (χ0n) is 10.7. The summed E-state index contributed by atoms with van der Waals surface area (Å²) in [7, 11) is 0. The molecule has 3 rings (SSSR count). The first-order valence-electron chi connectivity index (χ1n) is 6.56. The van der Waals surface area contributed by atoms with E-state index in [0.29, 0.717) is 19.6 Å². The molecule has 2 fully saturated rings. The Morgan fingerprint density at radius 3 is 2.74 bits per heavy atom. The summed E-state index contributed by atoms with van der Waals surface area (Å²) in [5, 5.41) is 3.10. The van der Waals surface area contributed by atoms with E-state index in [1.807, 2.05) is 35.2 Å². The van der Waals surface area contributed by atoms with Gasteiger partial charge in [-0.2, -0.15) is 0 Å². The van der Waals surface area contributed by atoms with Gasteiger partial charge in [-0.25, -0.2) is 0 Å². The summed E-state index contributed by atoms with van der Waals surface area (Å²) < 4.78 is 0. The van der Waals surface area contributed by atoms with Crippen LogP contribution in [0.2, 0.25) is 0 Å². The highest BCUT2D eigenvalue weighted by molar-refractivity contribution is 5.87. The number of carbonyl (C=O) groups excluding carboxylic acids is 2. The summed E-state index contributed by atoms with van der Waals surface area (Å²) in [6.07, 6.45) is 0. The molecule has 0 bridgehead atoms. The van der Waals surface area contributed by atoms with E-state index in [9.17, 15) is 9.59 Å². The van der Waals surface area contributed by atoms with Gasteiger partial charge in [-0.3, -0.25) is 9.59 Å². The molecule has 5 nitrogen and oxygen atoms in total. The number of benzene rings is 1. The maximum absolute atomic E-state index is 12.1. The van der Waals surface area contributed by atoms with E-state index < -0.39 is 0 Å². The van der Waals surface area contributed by atoms with E-state index in [0.717, 1.165) is 12.1 Å². The maximum atomic E-state index is 12.1. The van der Waals surface area contributed by atoms with Gasteiger partial charge in [-0.05, 0) is 5.56 Å². The summed E-state index contributed by atoms with van der Waals surface area (Å²) in [4.78, 5) is 27.4. The molecule has 1 unspecified atom stereocenters. The van der Waals surface area contributed by atoms with Gasteiger partial charge >= 0.3 is 0 Å². The zero-order chi connectivity index (χ0) is 13.2. The second kappa shape index (κ2) is 5.01. The summed E-state index contributed by atoms with van der Waals surface area (Å²) in [5.74, 6) is 0.0688. The van der Waals surface area contributed by atoms with Crippen molar-refractivity contribution in [2.75, 3.05) is 26.2 Å². The largest absolute Gasteiger partial charge is 0.335 e. The van der Waals surface area contributed by atoms with Crippen molar-refractivity contribution in [2.24, 2.45) is 0 Å². The molecule has 19 heavy (non-hydrogen) atoms. The molecule has 2 saturated heterocycles. The van der Waals surface area contributed by atoms with Crippen LogP contribution in [0.5, 0.6) is 0 Å². The molecule has 2 amide bonds. The maximum Gasteiger partial charge on any atom is 0.242 e. The molecular formula is C14H17N3O2. The van der Waals surface area contributed by atoms with Gasteiger partial charge in [0.25, 0.3) is 0 Å². The van der Waals surface area contributed by atoms with Crippen LogP contribution in [-0.4, -0.2) is 53.8 Å². The molecule has 0 radical (unpaired) electrons. The monoisotopic (exact) mass is 259 g/mol. The van der Waals surface area contributed by atoms with Gasteiger partial charge in [0.15, 0.2) is 0 Å². The molecule has 1 aromatic carbocycles. The van der Waals surface area contributed by atoms with Crippen molar-refractivity contribution < 1.29 is 9.59 Å². The molecule has 0 aromatic heterocycles. The lowest BCUT2D eigenvalue weighted by molar-refractivity contribution is -0.151. The van der Waals surface area contributed by atoms with Crippen LogP contribution in [0.3, 0.4) is 0 Å². The van der Waals surface area contributed by atoms with Gasteiger partial charge in [0, 0.05) is 19.6 Å². The number of hydrogen-bond acceptors (Lipinski definition) is 3. The van der Waals surface area contributed by atoms with Crippen molar-refractivity contribution in [3.05, 3.63) is 35.9 Å². The van der Waals surface area contributed by atoms with Crippen LogP contribution < -0.4 is 5.32 Å². The Kier molecular flexibility index (Phi) is 3.21. The molecule has 0 spiro atoms. The third kappa shape index (κ3) is 2.46. The van der Waals surface area contributed by atoms with Crippen molar-refractivity contribution in [1.29, 1.82) is 0 Å². The molecular weight excluding hydrogens is 242 g/mol. The number of amides is 2. The second-order valence-electron chi connectivity index (χ2n) is 5.07. The van der Waals surface area contributed by atoms with Gasteiger partial charge in [0.05, 0.1) is 12.6 Å². The number of piperazine rings is 2. The van der Waals surface area contributed by atoms with E-state index in [1.165, 1.54) is 0 Å². The van der Waals surface area contributed by atoms with E-state index >= 15 is 0 Å². The van der Waals surface area contributed by atoms with Gasteiger partial charge in [-0.1, -0.05) is 30.3 Å². The first-order valence-corrected chi connectivity index (χ1v) is 6.56. The number of nitrogens with one attached hydrogen (secondary N) is 1. The minimum atomic E-state index is 0.0314. The molecule has 0 saturated carbocycles.